The predicted molar refractivity (Wildman–Crippen MR) is 61.7 cm³/mol. The summed E-state index contributed by atoms with van der Waals surface area (Å²) < 4.78 is 0. The molecule has 0 aliphatic heterocycles. The number of aliphatic hydroxyl groups is 1. The minimum Gasteiger partial charge on any atom is -0.395 e. The van der Waals surface area contributed by atoms with Crippen LogP contribution in [0.1, 0.15) is 6.42 Å². The molecule has 1 aromatic carbocycles. The van der Waals surface area contributed by atoms with Crippen molar-refractivity contribution in [2.45, 2.75) is 17.4 Å². The third-order valence-corrected chi connectivity index (χ3v) is 3.15. The van der Waals surface area contributed by atoms with E-state index >= 15 is 0 Å². The predicted octanol–water partition coefficient (Wildman–Crippen LogP) is 1.75. The standard InChI is InChI=1S/C11H17NOS/c1-12-10(9-13)7-8-14-11-5-3-2-4-6-11/h2-6,10,12-13H,7-9H2,1H3. The first-order valence-corrected chi connectivity index (χ1v) is 5.81. The van der Waals surface area contributed by atoms with Crippen LogP contribution in [0.15, 0.2) is 35.2 Å². The third-order valence-electron chi connectivity index (χ3n) is 2.11. The maximum atomic E-state index is 8.95. The molecule has 0 radical (unpaired) electrons. The van der Waals surface area contributed by atoms with Gasteiger partial charge in [-0.1, -0.05) is 18.2 Å². The number of benzene rings is 1. The number of hydrogen-bond donors (Lipinski definition) is 2. The zero-order chi connectivity index (χ0) is 10.2. The summed E-state index contributed by atoms with van der Waals surface area (Å²) in [5.41, 5.74) is 0. The Bertz CT molecular complexity index is 236. The molecule has 0 saturated carbocycles. The second-order valence-electron chi connectivity index (χ2n) is 3.12. The lowest BCUT2D eigenvalue weighted by Gasteiger charge is -2.11. The van der Waals surface area contributed by atoms with E-state index in [1.807, 2.05) is 37.0 Å². The maximum Gasteiger partial charge on any atom is 0.0584 e. The summed E-state index contributed by atoms with van der Waals surface area (Å²) in [5, 5.41) is 12.0. The Hall–Kier alpha value is -0.510. The van der Waals surface area contributed by atoms with Gasteiger partial charge < -0.3 is 10.4 Å². The minimum atomic E-state index is 0.214. The average molecular weight is 211 g/mol. The zero-order valence-corrected chi connectivity index (χ0v) is 9.26. The highest BCUT2D eigenvalue weighted by Crippen LogP contribution is 2.18. The molecule has 78 valence electrons. The highest BCUT2D eigenvalue weighted by atomic mass is 32.2. The van der Waals surface area contributed by atoms with Crippen LogP contribution in [-0.4, -0.2) is 30.6 Å². The van der Waals surface area contributed by atoms with E-state index < -0.39 is 0 Å². The topological polar surface area (TPSA) is 32.3 Å². The highest BCUT2D eigenvalue weighted by molar-refractivity contribution is 7.99. The van der Waals surface area contributed by atoms with E-state index in [9.17, 15) is 0 Å². The Morgan fingerprint density at radius 3 is 2.64 bits per heavy atom. The van der Waals surface area contributed by atoms with Crippen LogP contribution in [0.25, 0.3) is 0 Å². The first-order chi connectivity index (χ1) is 6.86. The molecule has 1 atom stereocenters. The molecule has 14 heavy (non-hydrogen) atoms. The molecule has 0 aliphatic carbocycles. The first kappa shape index (κ1) is 11.6. The molecule has 3 heteroatoms. The second-order valence-corrected chi connectivity index (χ2v) is 4.29. The molecule has 1 rings (SSSR count). The van der Waals surface area contributed by atoms with Gasteiger partial charge in [0.15, 0.2) is 0 Å². The van der Waals surface area contributed by atoms with Crippen LogP contribution in [0.3, 0.4) is 0 Å². The van der Waals surface area contributed by atoms with Gasteiger partial charge in [-0.05, 0) is 31.4 Å². The van der Waals surface area contributed by atoms with Gasteiger partial charge in [0.25, 0.3) is 0 Å². The van der Waals surface area contributed by atoms with Gasteiger partial charge in [0.2, 0.25) is 0 Å². The lowest BCUT2D eigenvalue weighted by molar-refractivity contribution is 0.246. The molecule has 0 fully saturated rings. The van der Waals surface area contributed by atoms with Crippen molar-refractivity contribution >= 4 is 11.8 Å². The van der Waals surface area contributed by atoms with Crippen LogP contribution in [0, 0.1) is 0 Å². The zero-order valence-electron chi connectivity index (χ0n) is 8.44. The number of nitrogens with one attached hydrogen (secondary N) is 1. The highest BCUT2D eigenvalue weighted by Gasteiger charge is 2.03. The van der Waals surface area contributed by atoms with E-state index in [-0.39, 0.29) is 12.6 Å². The molecule has 0 aliphatic rings. The summed E-state index contributed by atoms with van der Waals surface area (Å²) in [6.07, 6.45) is 0.993. The molecule has 0 amide bonds. The SMILES string of the molecule is CNC(CO)CCSc1ccccc1. The van der Waals surface area contributed by atoms with E-state index in [1.54, 1.807) is 0 Å². The Balaban J connectivity index is 2.21. The van der Waals surface area contributed by atoms with Gasteiger partial charge >= 0.3 is 0 Å². The van der Waals surface area contributed by atoms with Gasteiger partial charge in [-0.3, -0.25) is 0 Å². The van der Waals surface area contributed by atoms with Gasteiger partial charge in [-0.2, -0.15) is 0 Å². The molecule has 2 nitrogen and oxygen atoms in total. The molecule has 0 spiro atoms. The first-order valence-electron chi connectivity index (χ1n) is 4.82. The molecule has 1 aromatic rings. The van der Waals surface area contributed by atoms with Crippen molar-refractivity contribution in [1.29, 1.82) is 0 Å². The quantitative estimate of drug-likeness (QED) is 0.703. The van der Waals surface area contributed by atoms with E-state index in [0.29, 0.717) is 0 Å². The average Bonchev–Trinajstić information content (AvgIpc) is 2.26. The van der Waals surface area contributed by atoms with Crippen molar-refractivity contribution in [3.63, 3.8) is 0 Å². The van der Waals surface area contributed by atoms with Crippen LogP contribution < -0.4 is 5.32 Å². The summed E-state index contributed by atoms with van der Waals surface area (Å²) in [6, 6.07) is 10.6. The van der Waals surface area contributed by atoms with Crippen molar-refractivity contribution in [2.75, 3.05) is 19.4 Å². The van der Waals surface area contributed by atoms with Gasteiger partial charge in [-0.25, -0.2) is 0 Å². The fraction of sp³-hybridized carbons (Fsp3) is 0.455. The summed E-state index contributed by atoms with van der Waals surface area (Å²) in [4.78, 5) is 1.29. The summed E-state index contributed by atoms with van der Waals surface area (Å²) >= 11 is 1.83. The minimum absolute atomic E-state index is 0.214. The van der Waals surface area contributed by atoms with Crippen molar-refractivity contribution in [1.82, 2.24) is 5.32 Å². The Morgan fingerprint density at radius 1 is 1.36 bits per heavy atom. The van der Waals surface area contributed by atoms with Crippen molar-refractivity contribution < 1.29 is 5.11 Å². The number of hydrogen-bond acceptors (Lipinski definition) is 3. The van der Waals surface area contributed by atoms with Crippen LogP contribution in [-0.2, 0) is 0 Å². The largest absolute Gasteiger partial charge is 0.395 e. The summed E-state index contributed by atoms with van der Waals surface area (Å²) in [5.74, 6) is 1.04. The van der Waals surface area contributed by atoms with Crippen molar-refractivity contribution in [3.8, 4) is 0 Å². The van der Waals surface area contributed by atoms with Gasteiger partial charge in [0.1, 0.15) is 0 Å². The molecule has 0 heterocycles. The van der Waals surface area contributed by atoms with Crippen LogP contribution in [0.4, 0.5) is 0 Å². The van der Waals surface area contributed by atoms with Crippen LogP contribution in [0.2, 0.25) is 0 Å². The molecule has 0 bridgehead atoms. The van der Waals surface area contributed by atoms with E-state index in [1.165, 1.54) is 4.90 Å². The number of thioether (sulfide) groups is 1. The van der Waals surface area contributed by atoms with Crippen LogP contribution in [0.5, 0.6) is 0 Å². The van der Waals surface area contributed by atoms with Crippen molar-refractivity contribution in [3.05, 3.63) is 30.3 Å². The Kier molecular flexibility index (Phi) is 5.68. The lowest BCUT2D eigenvalue weighted by Crippen LogP contribution is -2.29. The maximum absolute atomic E-state index is 8.95. The summed E-state index contributed by atoms with van der Waals surface area (Å²) in [7, 11) is 1.88. The monoisotopic (exact) mass is 211 g/mol. The smallest absolute Gasteiger partial charge is 0.0584 e. The molecule has 0 saturated heterocycles. The second kappa shape index (κ2) is 6.87. The fourth-order valence-electron chi connectivity index (χ4n) is 1.16. The van der Waals surface area contributed by atoms with Gasteiger partial charge in [0, 0.05) is 10.9 Å². The Labute approximate surface area is 89.7 Å². The normalized spacial score (nSPS) is 12.7. The van der Waals surface area contributed by atoms with E-state index in [2.05, 4.69) is 17.4 Å². The number of rotatable bonds is 6. The van der Waals surface area contributed by atoms with Crippen LogP contribution >= 0.6 is 11.8 Å². The number of likely N-dealkylation sites (N-methyl/N-ethyl adjacent to an activating group) is 1. The van der Waals surface area contributed by atoms with E-state index in [0.717, 1.165) is 12.2 Å². The molecule has 1 unspecified atom stereocenters. The molecular formula is C11H17NOS. The molecule has 2 N–H and O–H groups in total. The lowest BCUT2D eigenvalue weighted by atomic mass is 10.2. The third kappa shape index (κ3) is 4.13. The fourth-order valence-corrected chi connectivity index (χ4v) is 2.15. The van der Waals surface area contributed by atoms with Gasteiger partial charge in [0.05, 0.1) is 6.61 Å². The molecule has 0 aromatic heterocycles. The summed E-state index contributed by atoms with van der Waals surface area (Å²) in [6.45, 7) is 0.214. The van der Waals surface area contributed by atoms with Crippen molar-refractivity contribution in [2.24, 2.45) is 0 Å². The molecular weight excluding hydrogens is 194 g/mol. The van der Waals surface area contributed by atoms with Gasteiger partial charge in [-0.15, -0.1) is 11.8 Å². The number of aliphatic hydroxyl groups excluding tert-OH is 1. The Morgan fingerprint density at radius 2 is 2.07 bits per heavy atom. The van der Waals surface area contributed by atoms with E-state index in [4.69, 9.17) is 5.11 Å².